The summed E-state index contributed by atoms with van der Waals surface area (Å²) in [6, 6.07) is 14.6. The lowest BCUT2D eigenvalue weighted by molar-refractivity contribution is -0.129. The lowest BCUT2D eigenvalue weighted by Crippen LogP contribution is -2.37. The number of anilines is 1. The van der Waals surface area contributed by atoms with Crippen LogP contribution >= 0.6 is 0 Å². The van der Waals surface area contributed by atoms with Gasteiger partial charge >= 0.3 is 6.09 Å². The fraction of sp³-hybridized carbons (Fsp3) is 0.462. The predicted octanol–water partition coefficient (Wildman–Crippen LogP) is 5.69. The Morgan fingerprint density at radius 3 is 2.56 bits per heavy atom. The molecule has 2 fully saturated rings. The summed E-state index contributed by atoms with van der Waals surface area (Å²) >= 11 is 0. The molecule has 3 aromatic rings. The number of rotatable bonds is 4. The number of carbonyl (C=O) groups excluding carboxylic acids is 2. The molecular formula is C26H31N3O3. The summed E-state index contributed by atoms with van der Waals surface area (Å²) < 4.78 is 7.92. The Bertz CT molecular complexity index is 1140. The number of nitrogens with zero attached hydrogens (tertiary/aromatic N) is 2. The molecule has 1 aliphatic carbocycles. The largest absolute Gasteiger partial charge is 0.444 e. The van der Waals surface area contributed by atoms with Crippen LogP contribution in [0.2, 0.25) is 0 Å². The van der Waals surface area contributed by atoms with Gasteiger partial charge < -0.3 is 14.2 Å². The highest BCUT2D eigenvalue weighted by Gasteiger charge is 2.36. The van der Waals surface area contributed by atoms with Crippen molar-refractivity contribution >= 4 is 39.5 Å². The molecule has 2 aliphatic rings. The van der Waals surface area contributed by atoms with Crippen LogP contribution < -0.4 is 5.32 Å². The van der Waals surface area contributed by atoms with Gasteiger partial charge in [0.25, 0.3) is 0 Å². The van der Waals surface area contributed by atoms with E-state index in [9.17, 15) is 9.59 Å². The average molecular weight is 434 g/mol. The Hall–Kier alpha value is -3.02. The van der Waals surface area contributed by atoms with Crippen LogP contribution in [0, 0.1) is 0 Å². The van der Waals surface area contributed by atoms with Crippen molar-refractivity contribution in [1.29, 1.82) is 0 Å². The van der Waals surface area contributed by atoms with Gasteiger partial charge in [0, 0.05) is 40.1 Å². The number of hydrogen-bond acceptors (Lipinski definition) is 3. The fourth-order valence-electron chi connectivity index (χ4n) is 5.47. The highest BCUT2D eigenvalue weighted by Crippen LogP contribution is 2.31. The van der Waals surface area contributed by atoms with Crippen molar-refractivity contribution in [3.63, 3.8) is 0 Å². The molecule has 6 heteroatoms. The summed E-state index contributed by atoms with van der Waals surface area (Å²) in [7, 11) is 0. The van der Waals surface area contributed by atoms with E-state index in [1.807, 2.05) is 35.2 Å². The third-order valence-electron chi connectivity index (χ3n) is 7.00. The minimum absolute atomic E-state index is 0.114. The van der Waals surface area contributed by atoms with Gasteiger partial charge in [-0.15, -0.1) is 0 Å². The molecule has 0 radical (unpaired) electrons. The summed E-state index contributed by atoms with van der Waals surface area (Å²) in [5.41, 5.74) is 3.03. The fourth-order valence-corrected chi connectivity index (χ4v) is 5.47. The number of ether oxygens (including phenoxy) is 1. The van der Waals surface area contributed by atoms with Crippen LogP contribution in [-0.2, 0) is 16.1 Å². The van der Waals surface area contributed by atoms with E-state index >= 15 is 0 Å². The molecule has 1 aromatic heterocycles. The van der Waals surface area contributed by atoms with Crippen LogP contribution in [0.15, 0.2) is 42.5 Å². The molecule has 1 N–H and O–H groups in total. The zero-order chi connectivity index (χ0) is 22.1. The molecule has 1 atom stereocenters. The first-order chi connectivity index (χ1) is 15.6. The number of aryl methyl sites for hydroxylation is 1. The molecule has 2 heterocycles. The monoisotopic (exact) mass is 433 g/mol. The van der Waals surface area contributed by atoms with Gasteiger partial charge in [0.2, 0.25) is 5.91 Å². The minimum atomic E-state index is -0.496. The lowest BCUT2D eigenvalue weighted by Gasteiger charge is -2.26. The summed E-state index contributed by atoms with van der Waals surface area (Å²) in [5, 5.41) is 5.15. The van der Waals surface area contributed by atoms with Crippen molar-refractivity contribution in [2.75, 3.05) is 11.9 Å². The molecule has 32 heavy (non-hydrogen) atoms. The van der Waals surface area contributed by atoms with E-state index in [0.29, 0.717) is 18.3 Å². The molecule has 1 aliphatic heterocycles. The molecule has 1 saturated heterocycles. The van der Waals surface area contributed by atoms with E-state index in [2.05, 4.69) is 28.9 Å². The van der Waals surface area contributed by atoms with Crippen molar-refractivity contribution in [2.24, 2.45) is 0 Å². The highest BCUT2D eigenvalue weighted by molar-refractivity contribution is 6.09. The number of nitrogens with one attached hydrogen (secondary N) is 1. The Balaban J connectivity index is 1.27. The third kappa shape index (κ3) is 3.94. The highest BCUT2D eigenvalue weighted by atomic mass is 16.6. The normalized spacial score (nSPS) is 20.1. The summed E-state index contributed by atoms with van der Waals surface area (Å²) in [6.45, 7) is 3.53. The van der Waals surface area contributed by atoms with Crippen LogP contribution in [0.5, 0.6) is 0 Å². The smallest absolute Gasteiger partial charge is 0.411 e. The number of aromatic nitrogens is 1. The van der Waals surface area contributed by atoms with Crippen molar-refractivity contribution in [3.05, 3.63) is 42.5 Å². The zero-order valence-electron chi connectivity index (χ0n) is 18.7. The van der Waals surface area contributed by atoms with Gasteiger partial charge in [-0.3, -0.25) is 10.1 Å². The molecule has 0 bridgehead atoms. The van der Waals surface area contributed by atoms with Crippen LogP contribution in [0.4, 0.5) is 10.5 Å². The summed E-state index contributed by atoms with van der Waals surface area (Å²) in [5.74, 6) is 0.114. The standard InChI is InChI=1S/C26H31N3O3/c1-2-28-23-12-8-7-11-21(23)22-15-18(13-14-24(22)28)27-26(31)32-20-16-25(30)29(17-20)19-9-5-3-4-6-10-19/h7-8,11-15,19-20H,2-6,9-10,16-17H2,1H3,(H,27,31). The molecule has 2 amide bonds. The van der Waals surface area contributed by atoms with Gasteiger partial charge in [-0.1, -0.05) is 43.9 Å². The number of hydrogen-bond donors (Lipinski definition) is 1. The van der Waals surface area contributed by atoms with E-state index in [1.165, 1.54) is 36.6 Å². The first kappa shape index (κ1) is 20.9. The lowest BCUT2D eigenvalue weighted by atomic mass is 10.1. The van der Waals surface area contributed by atoms with E-state index in [0.717, 1.165) is 30.3 Å². The quantitative estimate of drug-likeness (QED) is 0.538. The minimum Gasteiger partial charge on any atom is -0.444 e. The molecular weight excluding hydrogens is 402 g/mol. The van der Waals surface area contributed by atoms with Crippen molar-refractivity contribution in [2.45, 2.75) is 70.6 Å². The van der Waals surface area contributed by atoms with Gasteiger partial charge in [0.1, 0.15) is 6.10 Å². The van der Waals surface area contributed by atoms with E-state index in [1.54, 1.807) is 0 Å². The van der Waals surface area contributed by atoms with Crippen LogP contribution in [0.1, 0.15) is 51.9 Å². The second kappa shape index (κ2) is 8.85. The van der Waals surface area contributed by atoms with Crippen molar-refractivity contribution in [3.8, 4) is 0 Å². The maximum absolute atomic E-state index is 12.6. The van der Waals surface area contributed by atoms with E-state index < -0.39 is 6.09 Å². The maximum atomic E-state index is 12.6. The topological polar surface area (TPSA) is 63.6 Å². The molecule has 5 rings (SSSR count). The number of benzene rings is 2. The molecule has 2 aromatic carbocycles. The summed E-state index contributed by atoms with van der Waals surface area (Å²) in [4.78, 5) is 27.1. The zero-order valence-corrected chi connectivity index (χ0v) is 18.7. The number of likely N-dealkylation sites (tertiary alicyclic amines) is 1. The number of fused-ring (bicyclic) bond motifs is 3. The number of para-hydroxylation sites is 1. The Kier molecular flexibility index (Phi) is 5.77. The second-order valence-corrected chi connectivity index (χ2v) is 9.04. The second-order valence-electron chi connectivity index (χ2n) is 9.04. The van der Waals surface area contributed by atoms with Gasteiger partial charge in [0.15, 0.2) is 0 Å². The maximum Gasteiger partial charge on any atom is 0.411 e. The van der Waals surface area contributed by atoms with Crippen LogP contribution in [0.25, 0.3) is 21.8 Å². The Morgan fingerprint density at radius 2 is 1.78 bits per heavy atom. The third-order valence-corrected chi connectivity index (χ3v) is 7.00. The molecule has 6 nitrogen and oxygen atoms in total. The van der Waals surface area contributed by atoms with E-state index in [-0.39, 0.29) is 18.4 Å². The first-order valence-corrected chi connectivity index (χ1v) is 11.9. The molecule has 1 unspecified atom stereocenters. The van der Waals surface area contributed by atoms with Crippen LogP contribution in [-0.4, -0.2) is 40.2 Å². The van der Waals surface area contributed by atoms with Crippen LogP contribution in [0.3, 0.4) is 0 Å². The van der Waals surface area contributed by atoms with Gasteiger partial charge in [0.05, 0.1) is 13.0 Å². The Labute approximate surface area is 188 Å². The van der Waals surface area contributed by atoms with Gasteiger partial charge in [-0.05, 0) is 44.0 Å². The molecule has 1 saturated carbocycles. The summed E-state index contributed by atoms with van der Waals surface area (Å²) in [6.07, 6.45) is 6.40. The number of amides is 2. The Morgan fingerprint density at radius 1 is 1.03 bits per heavy atom. The number of carbonyl (C=O) groups is 2. The SMILES string of the molecule is CCn1c2ccccc2c2cc(NC(=O)OC3CC(=O)N(C4CCCCCC4)C3)ccc21. The predicted molar refractivity (Wildman–Crippen MR) is 127 cm³/mol. The van der Waals surface area contributed by atoms with Crippen molar-refractivity contribution in [1.82, 2.24) is 9.47 Å². The van der Waals surface area contributed by atoms with Crippen molar-refractivity contribution < 1.29 is 14.3 Å². The van der Waals surface area contributed by atoms with Gasteiger partial charge in [-0.25, -0.2) is 4.79 Å². The van der Waals surface area contributed by atoms with E-state index in [4.69, 9.17) is 4.74 Å². The molecule has 0 spiro atoms. The first-order valence-electron chi connectivity index (χ1n) is 11.9. The van der Waals surface area contributed by atoms with Gasteiger partial charge in [-0.2, -0.15) is 0 Å². The molecule has 168 valence electrons. The average Bonchev–Trinajstić information content (AvgIpc) is 3.16.